The van der Waals surface area contributed by atoms with Crippen LogP contribution >= 0.6 is 0 Å². The second-order valence-corrected chi connectivity index (χ2v) is 5.68. The van der Waals surface area contributed by atoms with Gasteiger partial charge >= 0.3 is 0 Å². The first kappa shape index (κ1) is 18.0. The van der Waals surface area contributed by atoms with Gasteiger partial charge in [0.2, 0.25) is 0 Å². The molecule has 1 saturated heterocycles. The fraction of sp³-hybridized carbons (Fsp3) is 0.562. The monoisotopic (exact) mass is 337 g/mol. The zero-order valence-corrected chi connectivity index (χ0v) is 14.1. The number of nitrogens with zero attached hydrogens (tertiary/aromatic N) is 1. The normalized spacial score (nSPS) is 20.3. The highest BCUT2D eigenvalue weighted by molar-refractivity contribution is 5.99. The third-order valence-electron chi connectivity index (χ3n) is 4.10. The van der Waals surface area contributed by atoms with Crippen molar-refractivity contribution in [1.29, 1.82) is 0 Å². The molecule has 0 bridgehead atoms. The highest BCUT2D eigenvalue weighted by atomic mass is 16.6. The summed E-state index contributed by atoms with van der Waals surface area (Å²) in [6.07, 6.45) is 1.78. The highest BCUT2D eigenvalue weighted by Crippen LogP contribution is 2.34. The second kappa shape index (κ2) is 7.96. The first-order chi connectivity index (χ1) is 11.5. The Labute approximate surface area is 140 Å². The number of amides is 1. The quantitative estimate of drug-likeness (QED) is 0.607. The van der Waals surface area contributed by atoms with Crippen molar-refractivity contribution in [3.8, 4) is 11.5 Å². The minimum absolute atomic E-state index is 0.0296. The van der Waals surface area contributed by atoms with Crippen LogP contribution in [-0.4, -0.2) is 43.2 Å². The number of nitro benzene ring substituents is 1. The van der Waals surface area contributed by atoms with Gasteiger partial charge in [-0.15, -0.1) is 0 Å². The van der Waals surface area contributed by atoms with Gasteiger partial charge in [-0.25, -0.2) is 0 Å². The molecule has 2 N–H and O–H groups in total. The van der Waals surface area contributed by atoms with Crippen molar-refractivity contribution in [2.75, 3.05) is 20.3 Å². The van der Waals surface area contributed by atoms with Gasteiger partial charge in [0.05, 0.1) is 24.7 Å². The van der Waals surface area contributed by atoms with E-state index in [2.05, 4.69) is 10.6 Å². The van der Waals surface area contributed by atoms with Gasteiger partial charge in [0.25, 0.3) is 11.6 Å². The van der Waals surface area contributed by atoms with E-state index in [1.54, 1.807) is 6.92 Å². The lowest BCUT2D eigenvalue weighted by molar-refractivity contribution is -0.385. The minimum atomic E-state index is -0.584. The molecular formula is C16H23N3O5. The standard InChI is InChI=1S/C16H23N3O5/c1-4-24-15-9-13(19(21)22)11(8-14(15)23-3)16(20)18-12-6-5-7-17-10(12)2/h8-10,12,17H,4-7H2,1-3H3,(H,18,20). The summed E-state index contributed by atoms with van der Waals surface area (Å²) in [5, 5.41) is 17.5. The maximum atomic E-state index is 12.6. The molecule has 132 valence electrons. The van der Waals surface area contributed by atoms with Crippen LogP contribution in [0.15, 0.2) is 12.1 Å². The molecule has 0 spiro atoms. The molecule has 1 amide bonds. The van der Waals surface area contributed by atoms with Crippen molar-refractivity contribution in [1.82, 2.24) is 10.6 Å². The van der Waals surface area contributed by atoms with Gasteiger partial charge in [0.15, 0.2) is 11.5 Å². The van der Waals surface area contributed by atoms with Crippen molar-refractivity contribution in [3.63, 3.8) is 0 Å². The first-order valence-corrected chi connectivity index (χ1v) is 8.01. The number of piperidine rings is 1. The fourth-order valence-electron chi connectivity index (χ4n) is 2.80. The zero-order valence-electron chi connectivity index (χ0n) is 14.1. The van der Waals surface area contributed by atoms with Crippen molar-refractivity contribution >= 4 is 11.6 Å². The van der Waals surface area contributed by atoms with Crippen LogP contribution in [0.25, 0.3) is 0 Å². The zero-order chi connectivity index (χ0) is 17.7. The summed E-state index contributed by atoms with van der Waals surface area (Å²) in [5.41, 5.74) is -0.328. The summed E-state index contributed by atoms with van der Waals surface area (Å²) in [5.74, 6) is 0.0574. The lowest BCUT2D eigenvalue weighted by atomic mass is 9.99. The van der Waals surface area contributed by atoms with Crippen molar-refractivity contribution in [3.05, 3.63) is 27.8 Å². The average molecular weight is 337 g/mol. The molecule has 2 unspecified atom stereocenters. The maximum Gasteiger partial charge on any atom is 0.286 e. The number of methoxy groups -OCH3 is 1. The van der Waals surface area contributed by atoms with Gasteiger partial charge < -0.3 is 20.1 Å². The van der Waals surface area contributed by atoms with E-state index in [1.165, 1.54) is 19.2 Å². The van der Waals surface area contributed by atoms with Gasteiger partial charge in [0, 0.05) is 18.2 Å². The van der Waals surface area contributed by atoms with Crippen LogP contribution in [0.4, 0.5) is 5.69 Å². The molecule has 1 aliphatic heterocycles. The number of benzene rings is 1. The Hall–Kier alpha value is -2.35. The Kier molecular flexibility index (Phi) is 5.97. The van der Waals surface area contributed by atoms with Crippen LogP contribution in [0, 0.1) is 10.1 Å². The summed E-state index contributed by atoms with van der Waals surface area (Å²) in [6.45, 7) is 5.00. The lowest BCUT2D eigenvalue weighted by Crippen LogP contribution is -2.51. The predicted octanol–water partition coefficient (Wildman–Crippen LogP) is 1.87. The fourth-order valence-corrected chi connectivity index (χ4v) is 2.80. The van der Waals surface area contributed by atoms with E-state index < -0.39 is 10.8 Å². The Morgan fingerprint density at radius 1 is 1.46 bits per heavy atom. The molecule has 2 rings (SSSR count). The summed E-state index contributed by atoms with van der Waals surface area (Å²) in [4.78, 5) is 23.4. The van der Waals surface area contributed by atoms with E-state index in [-0.39, 0.29) is 29.1 Å². The van der Waals surface area contributed by atoms with Crippen LogP contribution in [0.2, 0.25) is 0 Å². The smallest absolute Gasteiger partial charge is 0.286 e. The number of nitro groups is 1. The van der Waals surface area contributed by atoms with E-state index in [0.29, 0.717) is 12.4 Å². The van der Waals surface area contributed by atoms with Gasteiger partial charge in [-0.2, -0.15) is 0 Å². The summed E-state index contributed by atoms with van der Waals surface area (Å²) < 4.78 is 10.5. The number of rotatable bonds is 6. The topological polar surface area (TPSA) is 103 Å². The third-order valence-corrected chi connectivity index (χ3v) is 4.10. The predicted molar refractivity (Wildman–Crippen MR) is 88.8 cm³/mol. The first-order valence-electron chi connectivity index (χ1n) is 8.01. The molecule has 1 fully saturated rings. The lowest BCUT2D eigenvalue weighted by Gasteiger charge is -2.30. The number of nitrogens with one attached hydrogen (secondary N) is 2. The molecule has 0 saturated carbocycles. The van der Waals surface area contributed by atoms with Gasteiger partial charge in [-0.3, -0.25) is 14.9 Å². The van der Waals surface area contributed by atoms with Crippen LogP contribution in [0.1, 0.15) is 37.0 Å². The average Bonchev–Trinajstić information content (AvgIpc) is 2.56. The molecule has 8 heteroatoms. The highest BCUT2D eigenvalue weighted by Gasteiger charge is 2.28. The molecular weight excluding hydrogens is 314 g/mol. The van der Waals surface area contributed by atoms with E-state index in [9.17, 15) is 14.9 Å². The molecule has 24 heavy (non-hydrogen) atoms. The Morgan fingerprint density at radius 2 is 2.21 bits per heavy atom. The molecule has 2 atom stereocenters. The largest absolute Gasteiger partial charge is 0.493 e. The van der Waals surface area contributed by atoms with E-state index in [1.807, 2.05) is 6.92 Å². The second-order valence-electron chi connectivity index (χ2n) is 5.68. The number of carbonyl (C=O) groups is 1. The van der Waals surface area contributed by atoms with Crippen molar-refractivity contribution < 1.29 is 19.2 Å². The molecule has 0 aliphatic carbocycles. The third kappa shape index (κ3) is 3.94. The van der Waals surface area contributed by atoms with Crippen molar-refractivity contribution in [2.45, 2.75) is 38.8 Å². The molecule has 8 nitrogen and oxygen atoms in total. The molecule has 1 heterocycles. The van der Waals surface area contributed by atoms with Crippen LogP contribution in [0.3, 0.4) is 0 Å². The van der Waals surface area contributed by atoms with Gasteiger partial charge in [-0.1, -0.05) is 0 Å². The van der Waals surface area contributed by atoms with Crippen LogP contribution in [0.5, 0.6) is 11.5 Å². The number of hydrogen-bond donors (Lipinski definition) is 2. The van der Waals surface area contributed by atoms with Gasteiger partial charge in [-0.05, 0) is 33.2 Å². The SMILES string of the molecule is CCOc1cc([N+](=O)[O-])c(C(=O)NC2CCCNC2C)cc1OC. The number of hydrogen-bond acceptors (Lipinski definition) is 6. The summed E-state index contributed by atoms with van der Waals surface area (Å²) in [6, 6.07) is 2.65. The summed E-state index contributed by atoms with van der Waals surface area (Å²) >= 11 is 0. The Morgan fingerprint density at radius 3 is 2.79 bits per heavy atom. The van der Waals surface area contributed by atoms with E-state index in [0.717, 1.165) is 19.4 Å². The van der Waals surface area contributed by atoms with Gasteiger partial charge in [0.1, 0.15) is 5.56 Å². The van der Waals surface area contributed by atoms with Crippen molar-refractivity contribution in [2.24, 2.45) is 0 Å². The Balaban J connectivity index is 2.32. The maximum absolute atomic E-state index is 12.6. The van der Waals surface area contributed by atoms with E-state index in [4.69, 9.17) is 9.47 Å². The summed E-state index contributed by atoms with van der Waals surface area (Å²) in [7, 11) is 1.43. The molecule has 1 aliphatic rings. The number of carbonyl (C=O) groups excluding carboxylic acids is 1. The Bertz CT molecular complexity index is 620. The molecule has 1 aromatic carbocycles. The molecule has 0 aromatic heterocycles. The molecule has 1 aromatic rings. The van der Waals surface area contributed by atoms with Crippen LogP contribution in [-0.2, 0) is 0 Å². The van der Waals surface area contributed by atoms with Crippen LogP contribution < -0.4 is 20.1 Å². The number of ether oxygens (including phenoxy) is 2. The minimum Gasteiger partial charge on any atom is -0.493 e. The molecule has 0 radical (unpaired) electrons. The van der Waals surface area contributed by atoms with E-state index >= 15 is 0 Å².